The van der Waals surface area contributed by atoms with E-state index < -0.39 is 0 Å². The van der Waals surface area contributed by atoms with Gasteiger partial charge in [-0.25, -0.2) is 4.98 Å². The number of fused-ring (bicyclic) bond motifs is 1. The molecule has 0 unspecified atom stereocenters. The molecule has 4 aromatic rings. The molecule has 37 heavy (non-hydrogen) atoms. The maximum absolute atomic E-state index is 13.5. The molecule has 0 spiro atoms. The number of benzene rings is 3. The molecule has 1 saturated heterocycles. The second-order valence-corrected chi connectivity index (χ2v) is 11.6. The topological polar surface area (TPSA) is 55.2 Å². The van der Waals surface area contributed by atoms with Gasteiger partial charge in [0.05, 0.1) is 15.9 Å². The number of aromatic nitrogens is 2. The Morgan fingerprint density at radius 3 is 2.57 bits per heavy atom. The number of para-hydroxylation sites is 2. The Kier molecular flexibility index (Phi) is 7.81. The minimum Gasteiger partial charge on any atom is -0.292 e. The zero-order chi connectivity index (χ0) is 25.9. The summed E-state index contributed by atoms with van der Waals surface area (Å²) in [5, 5.41) is 1.27. The molecule has 1 amide bonds. The van der Waals surface area contributed by atoms with E-state index >= 15 is 0 Å². The molecule has 0 bridgehead atoms. The molecule has 0 N–H and O–H groups in total. The normalized spacial score (nSPS) is 14.8. The van der Waals surface area contributed by atoms with E-state index in [2.05, 4.69) is 31.2 Å². The van der Waals surface area contributed by atoms with Gasteiger partial charge < -0.3 is 0 Å². The Labute approximate surface area is 233 Å². The van der Waals surface area contributed by atoms with Gasteiger partial charge in [-0.3, -0.25) is 19.1 Å². The molecule has 5 rings (SSSR count). The predicted octanol–water partition coefficient (Wildman–Crippen LogP) is 7.22. The van der Waals surface area contributed by atoms with Gasteiger partial charge in [-0.15, -0.1) is 0 Å². The fourth-order valence-corrected chi connectivity index (χ4v) is 6.31. The van der Waals surface area contributed by atoms with Crippen LogP contribution in [-0.4, -0.2) is 37.1 Å². The molecule has 0 atom stereocenters. The van der Waals surface area contributed by atoms with Crippen molar-refractivity contribution in [2.75, 3.05) is 6.54 Å². The molecule has 5 nitrogen and oxygen atoms in total. The Morgan fingerprint density at radius 1 is 1.08 bits per heavy atom. The van der Waals surface area contributed by atoms with E-state index in [0.29, 0.717) is 25.2 Å². The lowest BCUT2D eigenvalue weighted by molar-refractivity contribution is -0.122. The molecule has 1 fully saturated rings. The van der Waals surface area contributed by atoms with Gasteiger partial charge in [0, 0.05) is 23.7 Å². The number of hydrogen-bond donors (Lipinski definition) is 0. The SMILES string of the molecule is Cc1ccc(CSc2nc3ccccc3n2C(=O)CCN2C(=O)C(=Cc3ccc(Cl)cc3)SC2=S)cc1. The van der Waals surface area contributed by atoms with Crippen molar-refractivity contribution in [3.8, 4) is 0 Å². The lowest BCUT2D eigenvalue weighted by Gasteiger charge is -2.15. The van der Waals surface area contributed by atoms with Gasteiger partial charge in [0.1, 0.15) is 4.32 Å². The average molecular weight is 564 g/mol. The quantitative estimate of drug-likeness (QED) is 0.134. The summed E-state index contributed by atoms with van der Waals surface area (Å²) in [6.45, 7) is 2.26. The number of carbonyl (C=O) groups excluding carboxylic acids is 2. The largest absolute Gasteiger partial charge is 0.292 e. The van der Waals surface area contributed by atoms with Crippen LogP contribution in [0.15, 0.2) is 82.9 Å². The van der Waals surface area contributed by atoms with Crippen LogP contribution in [0, 0.1) is 6.92 Å². The van der Waals surface area contributed by atoms with E-state index in [-0.39, 0.29) is 24.8 Å². The number of carbonyl (C=O) groups is 2. The standard InChI is InChI=1S/C28H22ClN3O2S3/c1-18-6-8-20(9-7-18)17-36-27-30-22-4-2-3-5-23(22)32(27)25(33)14-15-31-26(34)24(37-28(31)35)16-19-10-12-21(29)13-11-19/h2-13,16H,14-15,17H2,1H3. The molecule has 9 heteroatoms. The van der Waals surface area contributed by atoms with Crippen LogP contribution in [0.3, 0.4) is 0 Å². The van der Waals surface area contributed by atoms with Crippen molar-refractivity contribution in [3.05, 3.63) is 99.4 Å². The number of aryl methyl sites for hydroxylation is 1. The monoisotopic (exact) mass is 563 g/mol. The number of nitrogens with zero attached hydrogens (tertiary/aromatic N) is 3. The molecule has 1 aliphatic rings. The van der Waals surface area contributed by atoms with Gasteiger partial charge in [-0.05, 0) is 48.4 Å². The first kappa shape index (κ1) is 25.7. The summed E-state index contributed by atoms with van der Waals surface area (Å²) >= 11 is 14.2. The van der Waals surface area contributed by atoms with Crippen molar-refractivity contribution in [1.82, 2.24) is 14.5 Å². The van der Waals surface area contributed by atoms with Gasteiger partial charge in [0.15, 0.2) is 5.16 Å². The Morgan fingerprint density at radius 2 is 1.81 bits per heavy atom. The predicted molar refractivity (Wildman–Crippen MR) is 157 cm³/mol. The fraction of sp³-hybridized carbons (Fsp3) is 0.143. The van der Waals surface area contributed by atoms with Gasteiger partial charge in [0.25, 0.3) is 5.91 Å². The molecule has 2 heterocycles. The first-order valence-electron chi connectivity index (χ1n) is 11.6. The van der Waals surface area contributed by atoms with Gasteiger partial charge in [0.2, 0.25) is 5.91 Å². The summed E-state index contributed by atoms with van der Waals surface area (Å²) in [6.07, 6.45) is 1.92. The van der Waals surface area contributed by atoms with Crippen molar-refractivity contribution in [2.45, 2.75) is 24.3 Å². The number of thioether (sulfide) groups is 2. The molecule has 1 aromatic heterocycles. The number of rotatable bonds is 7. The number of thiocarbonyl (C=S) groups is 1. The lowest BCUT2D eigenvalue weighted by Crippen LogP contribution is -2.31. The summed E-state index contributed by atoms with van der Waals surface area (Å²) in [5.41, 5.74) is 4.74. The third-order valence-corrected chi connectivity index (χ3v) is 8.50. The van der Waals surface area contributed by atoms with E-state index in [9.17, 15) is 9.59 Å². The third-order valence-electron chi connectivity index (χ3n) is 5.86. The molecular formula is C28H22ClN3O2S3. The molecule has 0 aliphatic carbocycles. The van der Waals surface area contributed by atoms with E-state index in [0.717, 1.165) is 22.2 Å². The summed E-state index contributed by atoms with van der Waals surface area (Å²) in [6, 6.07) is 23.2. The molecule has 0 saturated carbocycles. The van der Waals surface area contributed by atoms with E-state index in [1.54, 1.807) is 22.8 Å². The van der Waals surface area contributed by atoms with E-state index in [1.165, 1.54) is 34.0 Å². The van der Waals surface area contributed by atoms with Crippen molar-refractivity contribution in [2.24, 2.45) is 0 Å². The number of halogens is 1. The maximum Gasteiger partial charge on any atom is 0.266 e. The van der Waals surface area contributed by atoms with Crippen molar-refractivity contribution < 1.29 is 9.59 Å². The molecule has 186 valence electrons. The van der Waals surface area contributed by atoms with Crippen molar-refractivity contribution >= 4 is 80.6 Å². The summed E-state index contributed by atoms with van der Waals surface area (Å²) in [7, 11) is 0. The minimum atomic E-state index is -0.192. The van der Waals surface area contributed by atoms with Gasteiger partial charge in [-0.1, -0.05) is 101 Å². The van der Waals surface area contributed by atoms with Crippen molar-refractivity contribution in [1.29, 1.82) is 0 Å². The number of imidazole rings is 1. The van der Waals surface area contributed by atoms with Gasteiger partial charge >= 0.3 is 0 Å². The van der Waals surface area contributed by atoms with Crippen LogP contribution in [0.25, 0.3) is 17.1 Å². The minimum absolute atomic E-state index is 0.124. The van der Waals surface area contributed by atoms with E-state index in [4.69, 9.17) is 28.8 Å². The van der Waals surface area contributed by atoms with Crippen LogP contribution in [0.5, 0.6) is 0 Å². The lowest BCUT2D eigenvalue weighted by atomic mass is 10.2. The molecular weight excluding hydrogens is 542 g/mol. The summed E-state index contributed by atoms with van der Waals surface area (Å²) < 4.78 is 2.11. The zero-order valence-corrected chi connectivity index (χ0v) is 23.1. The molecule has 1 aliphatic heterocycles. The fourth-order valence-electron chi connectivity index (χ4n) is 3.90. The number of hydrogen-bond acceptors (Lipinski definition) is 6. The smallest absolute Gasteiger partial charge is 0.266 e. The van der Waals surface area contributed by atoms with Crippen LogP contribution in [0.4, 0.5) is 0 Å². The zero-order valence-electron chi connectivity index (χ0n) is 19.9. The maximum atomic E-state index is 13.5. The number of amides is 1. The van der Waals surface area contributed by atoms with Gasteiger partial charge in [-0.2, -0.15) is 0 Å². The first-order valence-corrected chi connectivity index (χ1v) is 14.2. The summed E-state index contributed by atoms with van der Waals surface area (Å²) in [5.74, 6) is 0.374. The highest BCUT2D eigenvalue weighted by Crippen LogP contribution is 2.33. The van der Waals surface area contributed by atoms with Crippen molar-refractivity contribution in [3.63, 3.8) is 0 Å². The first-order chi connectivity index (χ1) is 17.9. The van der Waals surface area contributed by atoms with Crippen LogP contribution in [-0.2, 0) is 10.5 Å². The van der Waals surface area contributed by atoms with Crippen LogP contribution < -0.4 is 0 Å². The van der Waals surface area contributed by atoms with E-state index in [1.807, 2.05) is 36.4 Å². The summed E-state index contributed by atoms with van der Waals surface area (Å²) in [4.78, 5) is 33.2. The highest BCUT2D eigenvalue weighted by molar-refractivity contribution is 8.26. The second kappa shape index (κ2) is 11.2. The molecule has 3 aromatic carbocycles. The second-order valence-electron chi connectivity index (χ2n) is 8.52. The Hall–Kier alpha value is -2.91. The Bertz CT molecular complexity index is 1530. The van der Waals surface area contributed by atoms with Crippen LogP contribution in [0.2, 0.25) is 5.02 Å². The Balaban J connectivity index is 1.32. The van der Waals surface area contributed by atoms with Crippen LogP contribution in [0.1, 0.15) is 27.9 Å². The molecule has 0 radical (unpaired) electrons. The van der Waals surface area contributed by atoms with Crippen LogP contribution >= 0.6 is 47.3 Å². The highest BCUT2D eigenvalue weighted by Gasteiger charge is 2.32. The highest BCUT2D eigenvalue weighted by atomic mass is 35.5. The third kappa shape index (κ3) is 5.83. The average Bonchev–Trinajstić information content (AvgIpc) is 3.39.